The fraction of sp³-hybridized carbons (Fsp3) is 0.960. The van der Waals surface area contributed by atoms with Crippen LogP contribution in [0.5, 0.6) is 0 Å². The van der Waals surface area contributed by atoms with E-state index in [1.165, 1.54) is 12.8 Å². The van der Waals surface area contributed by atoms with Crippen LogP contribution in [0.4, 0.5) is 0 Å². The first-order chi connectivity index (χ1) is 13.5. The van der Waals surface area contributed by atoms with Gasteiger partial charge in [-0.05, 0) is 110 Å². The summed E-state index contributed by atoms with van der Waals surface area (Å²) in [6.45, 7) is 9.41. The van der Waals surface area contributed by atoms with Gasteiger partial charge in [-0.1, -0.05) is 27.7 Å². The van der Waals surface area contributed by atoms with E-state index in [2.05, 4.69) is 27.7 Å². The molecule has 0 aromatic carbocycles. The molecule has 0 unspecified atom stereocenters. The van der Waals surface area contributed by atoms with Crippen LogP contribution < -0.4 is 5.11 Å². The van der Waals surface area contributed by atoms with Crippen molar-refractivity contribution in [1.82, 2.24) is 0 Å². The Hall–Kier alpha value is -0.610. The summed E-state index contributed by atoms with van der Waals surface area (Å²) in [5, 5.41) is 32.9. The molecule has 4 fully saturated rings. The van der Waals surface area contributed by atoms with Gasteiger partial charge in [-0.15, -0.1) is 0 Å². The molecule has 0 aliphatic heterocycles. The Morgan fingerprint density at radius 2 is 1.72 bits per heavy atom. The summed E-state index contributed by atoms with van der Waals surface area (Å²) >= 11 is 0. The molecular formula is C25H41O4-. The van der Waals surface area contributed by atoms with Gasteiger partial charge in [0, 0.05) is 5.97 Å². The van der Waals surface area contributed by atoms with Crippen molar-refractivity contribution >= 4 is 5.97 Å². The van der Waals surface area contributed by atoms with Gasteiger partial charge in [0.15, 0.2) is 0 Å². The highest BCUT2D eigenvalue weighted by Gasteiger charge is 2.68. The van der Waals surface area contributed by atoms with E-state index in [1.807, 2.05) is 0 Å². The van der Waals surface area contributed by atoms with E-state index in [-0.39, 0.29) is 34.9 Å². The Kier molecular flexibility index (Phi) is 5.38. The molecule has 4 heteroatoms. The molecule has 0 heterocycles. The van der Waals surface area contributed by atoms with E-state index >= 15 is 0 Å². The molecule has 0 saturated heterocycles. The van der Waals surface area contributed by atoms with Crippen molar-refractivity contribution in [2.24, 2.45) is 45.8 Å². The van der Waals surface area contributed by atoms with Crippen LogP contribution in [0.2, 0.25) is 0 Å². The van der Waals surface area contributed by atoms with Gasteiger partial charge in [-0.25, -0.2) is 0 Å². The summed E-state index contributed by atoms with van der Waals surface area (Å²) in [4.78, 5) is 11.0. The molecule has 10 atom stereocenters. The minimum Gasteiger partial charge on any atom is -0.550 e. The number of rotatable bonds is 4. The zero-order valence-electron chi connectivity index (χ0n) is 18.8. The van der Waals surface area contributed by atoms with E-state index in [9.17, 15) is 20.1 Å². The lowest BCUT2D eigenvalue weighted by Gasteiger charge is -2.68. The first-order valence-electron chi connectivity index (χ1n) is 12.1. The summed E-state index contributed by atoms with van der Waals surface area (Å²) in [5.41, 5.74) is 0.228. The fourth-order valence-corrected chi connectivity index (χ4v) is 9.17. The van der Waals surface area contributed by atoms with Crippen LogP contribution in [0.15, 0.2) is 0 Å². The Morgan fingerprint density at radius 3 is 2.41 bits per heavy atom. The van der Waals surface area contributed by atoms with E-state index in [0.717, 1.165) is 38.5 Å². The maximum Gasteiger partial charge on any atom is 0.0604 e. The average Bonchev–Trinajstić information content (AvgIpc) is 3.00. The number of hydrogen-bond acceptors (Lipinski definition) is 4. The smallest absolute Gasteiger partial charge is 0.0604 e. The Balaban J connectivity index is 1.62. The molecule has 4 saturated carbocycles. The van der Waals surface area contributed by atoms with E-state index in [4.69, 9.17) is 0 Å². The van der Waals surface area contributed by atoms with Gasteiger partial charge in [-0.2, -0.15) is 0 Å². The lowest BCUT2D eigenvalue weighted by Crippen LogP contribution is -2.63. The molecule has 4 rings (SSSR count). The average molecular weight is 406 g/mol. The standard InChI is InChI=1S/C25H42O4/c1-15(5-10-22(28)29)18-8-9-20-19-7-6-16-13-17(26)11-12-23(16,2)24(19,3)14-21(27)25(18,20)4/h15-21,26-27H,5-14H2,1-4H3,(H,28,29)/p-1/t15-,16-,17-,18-,19+,20+,21+,23+,24+,25-/m1/s1. The molecule has 2 N–H and O–H groups in total. The van der Waals surface area contributed by atoms with Crippen LogP contribution >= 0.6 is 0 Å². The molecule has 0 bridgehead atoms. The molecule has 0 spiro atoms. The third-order valence-corrected chi connectivity index (χ3v) is 11.1. The highest BCUT2D eigenvalue weighted by atomic mass is 16.4. The van der Waals surface area contributed by atoms with Crippen LogP contribution in [0.1, 0.15) is 91.9 Å². The predicted molar refractivity (Wildman–Crippen MR) is 111 cm³/mol. The fourth-order valence-electron chi connectivity index (χ4n) is 9.17. The number of carboxylic acid groups (broad SMARTS) is 1. The topological polar surface area (TPSA) is 80.6 Å². The molecule has 4 aliphatic carbocycles. The third-order valence-electron chi connectivity index (χ3n) is 11.1. The van der Waals surface area contributed by atoms with Gasteiger partial charge in [-0.3, -0.25) is 0 Å². The second kappa shape index (κ2) is 7.22. The molecule has 4 aliphatic rings. The van der Waals surface area contributed by atoms with Gasteiger partial charge in [0.1, 0.15) is 0 Å². The quantitative estimate of drug-likeness (QED) is 0.750. The zero-order valence-corrected chi connectivity index (χ0v) is 18.8. The van der Waals surface area contributed by atoms with Crippen molar-refractivity contribution in [2.45, 2.75) is 104 Å². The number of fused-ring (bicyclic) bond motifs is 5. The number of aliphatic hydroxyl groups excluding tert-OH is 2. The van der Waals surface area contributed by atoms with Crippen molar-refractivity contribution in [3.05, 3.63) is 0 Å². The first kappa shape index (κ1) is 21.6. The van der Waals surface area contributed by atoms with Crippen LogP contribution in [0.3, 0.4) is 0 Å². The van der Waals surface area contributed by atoms with Crippen molar-refractivity contribution < 1.29 is 20.1 Å². The van der Waals surface area contributed by atoms with Gasteiger partial charge >= 0.3 is 0 Å². The number of aliphatic carboxylic acids is 1. The largest absolute Gasteiger partial charge is 0.550 e. The summed E-state index contributed by atoms with van der Waals surface area (Å²) in [6.07, 6.45) is 8.77. The van der Waals surface area contributed by atoms with Gasteiger partial charge in [0.2, 0.25) is 0 Å². The minimum atomic E-state index is -0.959. The lowest BCUT2D eigenvalue weighted by atomic mass is 9.37. The highest BCUT2D eigenvalue weighted by Crippen LogP contribution is 2.73. The van der Waals surface area contributed by atoms with Crippen molar-refractivity contribution in [3.8, 4) is 0 Å². The summed E-state index contributed by atoms with van der Waals surface area (Å²) in [7, 11) is 0. The molecular weight excluding hydrogens is 364 g/mol. The Bertz CT molecular complexity index is 649. The Labute approximate surface area is 176 Å². The van der Waals surface area contributed by atoms with E-state index < -0.39 is 5.97 Å². The van der Waals surface area contributed by atoms with Gasteiger partial charge in [0.25, 0.3) is 0 Å². The molecule has 4 nitrogen and oxygen atoms in total. The molecule has 0 amide bonds. The molecule has 29 heavy (non-hydrogen) atoms. The number of aliphatic hydroxyl groups is 2. The van der Waals surface area contributed by atoms with Gasteiger partial charge in [0.05, 0.1) is 12.2 Å². The molecule has 0 radical (unpaired) electrons. The van der Waals surface area contributed by atoms with Crippen LogP contribution in [-0.2, 0) is 4.79 Å². The molecule has 0 aromatic rings. The van der Waals surface area contributed by atoms with Crippen molar-refractivity contribution in [3.63, 3.8) is 0 Å². The summed E-state index contributed by atoms with van der Waals surface area (Å²) < 4.78 is 0. The van der Waals surface area contributed by atoms with Crippen LogP contribution in [-0.4, -0.2) is 28.4 Å². The van der Waals surface area contributed by atoms with Crippen LogP contribution in [0.25, 0.3) is 0 Å². The monoisotopic (exact) mass is 405 g/mol. The predicted octanol–water partition coefficient (Wildman–Crippen LogP) is 3.53. The van der Waals surface area contributed by atoms with Crippen molar-refractivity contribution in [2.75, 3.05) is 0 Å². The number of carbonyl (C=O) groups excluding carboxylic acids is 1. The minimum absolute atomic E-state index is 0.104. The van der Waals surface area contributed by atoms with E-state index in [0.29, 0.717) is 36.0 Å². The van der Waals surface area contributed by atoms with Crippen LogP contribution in [0, 0.1) is 45.8 Å². The summed E-state index contributed by atoms with van der Waals surface area (Å²) in [6, 6.07) is 0. The van der Waals surface area contributed by atoms with E-state index in [1.54, 1.807) is 0 Å². The van der Waals surface area contributed by atoms with Crippen molar-refractivity contribution in [1.29, 1.82) is 0 Å². The summed E-state index contributed by atoms with van der Waals surface area (Å²) in [5.74, 6) is 1.47. The third kappa shape index (κ3) is 3.03. The second-order valence-corrected chi connectivity index (χ2v) is 11.9. The first-order valence-corrected chi connectivity index (χ1v) is 12.1. The SMILES string of the molecule is C[C@H](CCC(=O)[O-])[C@H]1CC[C@H]2[C@@H]3CC[C@@H]4C[C@H](O)CC[C@]4(C)[C@@]3(C)C[C@H](O)[C@]12C. The number of hydrogen-bond donors (Lipinski definition) is 2. The normalized spacial score (nSPS) is 52.9. The second-order valence-electron chi connectivity index (χ2n) is 11.9. The maximum atomic E-state index is 11.6. The number of carbonyl (C=O) groups is 1. The lowest BCUT2D eigenvalue weighted by molar-refractivity contribution is -0.306. The maximum absolute atomic E-state index is 11.6. The van der Waals surface area contributed by atoms with Gasteiger partial charge < -0.3 is 20.1 Å². The Morgan fingerprint density at radius 1 is 1.03 bits per heavy atom. The number of carboxylic acids is 1. The molecule has 166 valence electrons. The highest BCUT2D eigenvalue weighted by molar-refractivity contribution is 5.64. The zero-order chi connectivity index (χ0) is 21.2. The molecule has 0 aromatic heterocycles.